The first kappa shape index (κ1) is 21.3. The Morgan fingerprint density at radius 1 is 0.933 bits per heavy atom. The van der Waals surface area contributed by atoms with Crippen molar-refractivity contribution in [3.63, 3.8) is 0 Å². The molecule has 0 fully saturated rings. The molecule has 0 spiro atoms. The van der Waals surface area contributed by atoms with Crippen LogP contribution in [0.5, 0.6) is 0 Å². The van der Waals surface area contributed by atoms with Crippen LogP contribution in [0.3, 0.4) is 0 Å². The molecular formula is C24H21NO4S. The molecule has 0 saturated heterocycles. The molecule has 0 aliphatic carbocycles. The van der Waals surface area contributed by atoms with Crippen LogP contribution in [0.4, 0.5) is 0 Å². The summed E-state index contributed by atoms with van der Waals surface area (Å²) in [6.07, 6.45) is 0. The van der Waals surface area contributed by atoms with E-state index in [-0.39, 0.29) is 18.0 Å². The molecule has 5 nitrogen and oxygen atoms in total. The van der Waals surface area contributed by atoms with E-state index in [0.29, 0.717) is 11.1 Å². The van der Waals surface area contributed by atoms with E-state index in [4.69, 9.17) is 4.74 Å². The Balaban J connectivity index is 1.63. The van der Waals surface area contributed by atoms with Gasteiger partial charge in [0.25, 0.3) is 0 Å². The van der Waals surface area contributed by atoms with E-state index in [1.165, 1.54) is 0 Å². The fourth-order valence-electron chi connectivity index (χ4n) is 2.66. The molecule has 0 aliphatic rings. The molecule has 0 aliphatic heterocycles. The van der Waals surface area contributed by atoms with E-state index < -0.39 is 16.0 Å². The van der Waals surface area contributed by atoms with Gasteiger partial charge in [0.2, 0.25) is 10.0 Å². The summed E-state index contributed by atoms with van der Waals surface area (Å²) in [5.74, 6) is 5.31. The lowest BCUT2D eigenvalue weighted by molar-refractivity contribution is 0.0556. The SMILES string of the molecule is Cc1ccc(S(=O)(=O)NCc2ccccc2C#CCOC(=O)c2ccccc2)cc1. The van der Waals surface area contributed by atoms with E-state index >= 15 is 0 Å². The number of hydrogen-bond donors (Lipinski definition) is 1. The molecule has 0 saturated carbocycles. The van der Waals surface area contributed by atoms with Gasteiger partial charge in [0.15, 0.2) is 6.61 Å². The second kappa shape index (κ2) is 9.88. The van der Waals surface area contributed by atoms with Crippen LogP contribution < -0.4 is 4.72 Å². The maximum absolute atomic E-state index is 12.5. The highest BCUT2D eigenvalue weighted by molar-refractivity contribution is 7.89. The van der Waals surface area contributed by atoms with Crippen molar-refractivity contribution in [2.75, 3.05) is 6.61 Å². The number of nitrogens with one attached hydrogen (secondary N) is 1. The summed E-state index contributed by atoms with van der Waals surface area (Å²) in [6, 6.07) is 22.6. The number of carbonyl (C=O) groups is 1. The maximum Gasteiger partial charge on any atom is 0.339 e. The van der Waals surface area contributed by atoms with Crippen molar-refractivity contribution in [3.05, 3.63) is 101 Å². The predicted octanol–water partition coefficient (Wildman–Crippen LogP) is 3.68. The number of ether oxygens (including phenoxy) is 1. The van der Waals surface area contributed by atoms with Gasteiger partial charge in [-0.05, 0) is 42.8 Å². The predicted molar refractivity (Wildman–Crippen MR) is 115 cm³/mol. The van der Waals surface area contributed by atoms with Crippen LogP contribution >= 0.6 is 0 Å². The lowest BCUT2D eigenvalue weighted by Crippen LogP contribution is -2.23. The number of rotatable bonds is 6. The number of esters is 1. The van der Waals surface area contributed by atoms with Crippen LogP contribution in [0, 0.1) is 18.8 Å². The number of carbonyl (C=O) groups excluding carboxylic acids is 1. The Kier molecular flexibility index (Phi) is 7.02. The number of sulfonamides is 1. The summed E-state index contributed by atoms with van der Waals surface area (Å²) in [5.41, 5.74) is 2.85. The zero-order valence-corrected chi connectivity index (χ0v) is 17.3. The first-order chi connectivity index (χ1) is 14.5. The van der Waals surface area contributed by atoms with E-state index in [1.54, 1.807) is 60.7 Å². The van der Waals surface area contributed by atoms with Gasteiger partial charge in [-0.25, -0.2) is 17.9 Å². The molecule has 3 aromatic rings. The van der Waals surface area contributed by atoms with Crippen LogP contribution in [0.1, 0.15) is 27.0 Å². The van der Waals surface area contributed by atoms with Gasteiger partial charge < -0.3 is 4.74 Å². The molecule has 1 N–H and O–H groups in total. The van der Waals surface area contributed by atoms with Crippen LogP contribution in [0.15, 0.2) is 83.8 Å². The monoisotopic (exact) mass is 419 g/mol. The average molecular weight is 420 g/mol. The topological polar surface area (TPSA) is 72.5 Å². The molecule has 30 heavy (non-hydrogen) atoms. The van der Waals surface area contributed by atoms with Gasteiger partial charge in [-0.1, -0.05) is 65.9 Å². The lowest BCUT2D eigenvalue weighted by atomic mass is 10.1. The smallest absolute Gasteiger partial charge is 0.339 e. The molecule has 0 bridgehead atoms. The lowest BCUT2D eigenvalue weighted by Gasteiger charge is -2.09. The van der Waals surface area contributed by atoms with E-state index in [2.05, 4.69) is 16.6 Å². The first-order valence-electron chi connectivity index (χ1n) is 9.31. The minimum atomic E-state index is -3.63. The molecule has 3 aromatic carbocycles. The summed E-state index contributed by atoms with van der Waals surface area (Å²) >= 11 is 0. The van der Waals surface area contributed by atoms with Crippen molar-refractivity contribution in [2.24, 2.45) is 0 Å². The van der Waals surface area contributed by atoms with E-state index in [9.17, 15) is 13.2 Å². The van der Waals surface area contributed by atoms with Gasteiger partial charge in [-0.2, -0.15) is 0 Å². The van der Waals surface area contributed by atoms with E-state index in [1.807, 2.05) is 25.1 Å². The zero-order chi connectivity index (χ0) is 21.4. The van der Waals surface area contributed by atoms with Gasteiger partial charge >= 0.3 is 5.97 Å². The molecule has 0 radical (unpaired) electrons. The highest BCUT2D eigenvalue weighted by atomic mass is 32.2. The van der Waals surface area contributed by atoms with Crippen LogP contribution in [-0.4, -0.2) is 21.0 Å². The minimum Gasteiger partial charge on any atom is -0.449 e. The van der Waals surface area contributed by atoms with Crippen LogP contribution in [0.2, 0.25) is 0 Å². The fourth-order valence-corrected chi connectivity index (χ4v) is 3.67. The van der Waals surface area contributed by atoms with Gasteiger partial charge in [0, 0.05) is 12.1 Å². The van der Waals surface area contributed by atoms with Crippen LogP contribution in [0.25, 0.3) is 0 Å². The Hall–Kier alpha value is -3.40. The number of benzene rings is 3. The van der Waals surface area contributed by atoms with Crippen molar-refractivity contribution in [2.45, 2.75) is 18.4 Å². The molecule has 0 heterocycles. The molecule has 3 rings (SSSR count). The molecule has 0 unspecified atom stereocenters. The Bertz CT molecular complexity index is 1180. The Morgan fingerprint density at radius 2 is 1.60 bits per heavy atom. The van der Waals surface area contributed by atoms with Crippen molar-refractivity contribution in [1.82, 2.24) is 4.72 Å². The Labute approximate surface area is 176 Å². The van der Waals surface area contributed by atoms with E-state index in [0.717, 1.165) is 11.1 Å². The second-order valence-corrected chi connectivity index (χ2v) is 8.31. The Morgan fingerprint density at radius 3 is 2.33 bits per heavy atom. The first-order valence-corrected chi connectivity index (χ1v) is 10.8. The summed E-state index contributed by atoms with van der Waals surface area (Å²) in [5, 5.41) is 0. The highest BCUT2D eigenvalue weighted by Gasteiger charge is 2.14. The largest absolute Gasteiger partial charge is 0.449 e. The van der Waals surface area contributed by atoms with Gasteiger partial charge in [0.1, 0.15) is 0 Å². The van der Waals surface area contributed by atoms with Crippen molar-refractivity contribution < 1.29 is 17.9 Å². The quantitative estimate of drug-likeness (QED) is 0.489. The molecule has 152 valence electrons. The number of hydrogen-bond acceptors (Lipinski definition) is 4. The highest BCUT2D eigenvalue weighted by Crippen LogP contribution is 2.12. The zero-order valence-electron chi connectivity index (χ0n) is 16.5. The molecule has 0 amide bonds. The molecule has 6 heteroatoms. The second-order valence-electron chi connectivity index (χ2n) is 6.54. The summed E-state index contributed by atoms with van der Waals surface area (Å²) in [6.45, 7) is 1.94. The van der Waals surface area contributed by atoms with Crippen LogP contribution in [-0.2, 0) is 21.3 Å². The third-order valence-corrected chi connectivity index (χ3v) is 5.73. The van der Waals surface area contributed by atoms with Gasteiger partial charge in [-0.15, -0.1) is 0 Å². The number of aryl methyl sites for hydroxylation is 1. The normalized spacial score (nSPS) is 10.7. The molecule has 0 aromatic heterocycles. The minimum absolute atomic E-state index is 0.0584. The van der Waals surface area contributed by atoms with Crippen molar-refractivity contribution in [1.29, 1.82) is 0 Å². The average Bonchev–Trinajstić information content (AvgIpc) is 2.77. The fraction of sp³-hybridized carbons (Fsp3) is 0.125. The third kappa shape index (κ3) is 5.80. The standard InChI is InChI=1S/C24H21NO4S/c1-19-13-15-23(16-14-19)30(27,28)25-18-22-11-6-5-8-20(22)12-7-17-29-24(26)21-9-3-2-4-10-21/h2-6,8-11,13-16,25H,17-18H2,1H3. The summed E-state index contributed by atoms with van der Waals surface area (Å²) in [7, 11) is -3.63. The summed E-state index contributed by atoms with van der Waals surface area (Å²) < 4.78 is 32.7. The maximum atomic E-state index is 12.5. The van der Waals surface area contributed by atoms with Gasteiger partial charge in [-0.3, -0.25) is 0 Å². The molecule has 0 atom stereocenters. The van der Waals surface area contributed by atoms with Crippen molar-refractivity contribution >= 4 is 16.0 Å². The van der Waals surface area contributed by atoms with Gasteiger partial charge in [0.05, 0.1) is 10.5 Å². The summed E-state index contributed by atoms with van der Waals surface area (Å²) in [4.78, 5) is 12.1. The third-order valence-electron chi connectivity index (χ3n) is 4.31. The van der Waals surface area contributed by atoms with Crippen molar-refractivity contribution in [3.8, 4) is 11.8 Å². The molecular weight excluding hydrogens is 398 g/mol.